The Balaban J connectivity index is 1.12. The highest BCUT2D eigenvalue weighted by molar-refractivity contribution is 5.79. The van der Waals surface area contributed by atoms with Crippen molar-refractivity contribution in [1.82, 2.24) is 14.3 Å². The molecule has 2 bridgehead atoms. The molecule has 3 aliphatic rings. The number of carbonyl (C=O) groups is 1. The number of aromatic nitrogens is 2. The highest BCUT2D eigenvalue weighted by Gasteiger charge is 2.39. The fourth-order valence-electron chi connectivity index (χ4n) is 6.31. The van der Waals surface area contributed by atoms with Gasteiger partial charge in [0.1, 0.15) is 12.3 Å². The van der Waals surface area contributed by atoms with Gasteiger partial charge in [0.25, 0.3) is 0 Å². The molecule has 2 aliphatic heterocycles. The van der Waals surface area contributed by atoms with E-state index in [0.717, 1.165) is 31.3 Å². The summed E-state index contributed by atoms with van der Waals surface area (Å²) in [5.41, 5.74) is 8.47. The largest absolute Gasteiger partial charge is 0.448 e. The Hall–Kier alpha value is -3.86. The molecule has 1 fully saturated rings. The van der Waals surface area contributed by atoms with Crippen molar-refractivity contribution in [3.8, 4) is 11.1 Å². The summed E-state index contributed by atoms with van der Waals surface area (Å²) in [5, 5.41) is 0. The lowest BCUT2D eigenvalue weighted by Gasteiger charge is -2.44. The molecule has 0 saturated carbocycles. The monoisotopic (exact) mass is 461 g/mol. The molecule has 0 N–H and O–H groups in total. The third-order valence-electron chi connectivity index (χ3n) is 7.94. The Kier molecular flexibility index (Phi) is 4.76. The minimum absolute atomic E-state index is 0.0870. The van der Waals surface area contributed by atoms with E-state index in [0.29, 0.717) is 6.61 Å². The second-order valence-electron chi connectivity index (χ2n) is 9.87. The van der Waals surface area contributed by atoms with E-state index in [1.165, 1.54) is 33.4 Å². The van der Waals surface area contributed by atoms with Gasteiger partial charge in [-0.2, -0.15) is 0 Å². The topological polar surface area (TPSA) is 46.8 Å². The number of piperidine rings is 1. The van der Waals surface area contributed by atoms with Crippen molar-refractivity contribution in [2.75, 3.05) is 6.61 Å². The zero-order valence-electron chi connectivity index (χ0n) is 19.5. The predicted octanol–water partition coefficient (Wildman–Crippen LogP) is 6.29. The first kappa shape index (κ1) is 20.5. The highest BCUT2D eigenvalue weighted by Crippen LogP contribution is 2.45. The summed E-state index contributed by atoms with van der Waals surface area (Å²) < 4.78 is 8.11. The number of amides is 1. The second-order valence-corrected chi connectivity index (χ2v) is 9.87. The molecule has 5 nitrogen and oxygen atoms in total. The van der Waals surface area contributed by atoms with Crippen LogP contribution in [0.4, 0.5) is 4.79 Å². The maximum Gasteiger partial charge on any atom is 0.410 e. The number of pyridine rings is 1. The summed E-state index contributed by atoms with van der Waals surface area (Å²) in [6.07, 6.45) is 12.1. The highest BCUT2D eigenvalue weighted by atomic mass is 16.6. The molecule has 2 unspecified atom stereocenters. The summed E-state index contributed by atoms with van der Waals surface area (Å²) >= 11 is 0. The van der Waals surface area contributed by atoms with Gasteiger partial charge in [-0.1, -0.05) is 54.6 Å². The average Bonchev–Trinajstić information content (AvgIpc) is 3.48. The fourth-order valence-corrected chi connectivity index (χ4v) is 6.31. The van der Waals surface area contributed by atoms with Crippen LogP contribution in [0.5, 0.6) is 0 Å². The summed E-state index contributed by atoms with van der Waals surface area (Å²) in [6, 6.07) is 21.4. The van der Waals surface area contributed by atoms with Crippen LogP contribution < -0.4 is 0 Å². The lowest BCUT2D eigenvalue weighted by atomic mass is 9.83. The minimum atomic E-state index is -0.179. The van der Waals surface area contributed by atoms with Crippen molar-refractivity contribution < 1.29 is 9.53 Å². The molecule has 7 rings (SSSR count). The molecule has 1 amide bonds. The SMILES string of the molecule is O=C(OCC1c2ccccc2-c2ccccc21)N1C2C=C(c3ccc4nccn4c3)CC1CCC2. The smallest absolute Gasteiger partial charge is 0.410 e. The number of hydrogen-bond donors (Lipinski definition) is 0. The third kappa shape index (κ3) is 3.37. The van der Waals surface area contributed by atoms with E-state index in [-0.39, 0.29) is 24.1 Å². The van der Waals surface area contributed by atoms with Crippen LogP contribution in [0.25, 0.3) is 22.3 Å². The molecule has 1 saturated heterocycles. The van der Waals surface area contributed by atoms with Crippen LogP contribution in [0.2, 0.25) is 0 Å². The van der Waals surface area contributed by atoms with E-state index in [1.807, 2.05) is 17.3 Å². The van der Waals surface area contributed by atoms with Gasteiger partial charge in [-0.3, -0.25) is 4.90 Å². The van der Waals surface area contributed by atoms with Crippen LogP contribution in [0.15, 0.2) is 85.3 Å². The van der Waals surface area contributed by atoms with E-state index < -0.39 is 0 Å². The molecule has 1 aliphatic carbocycles. The number of carbonyl (C=O) groups excluding carboxylic acids is 1. The number of ether oxygens (including phenoxy) is 1. The molecule has 0 spiro atoms. The molecule has 4 aromatic rings. The molecule has 2 atom stereocenters. The first-order valence-electron chi connectivity index (χ1n) is 12.5. The molecule has 4 heterocycles. The maximum absolute atomic E-state index is 13.4. The van der Waals surface area contributed by atoms with Crippen LogP contribution in [0.1, 0.15) is 48.3 Å². The summed E-state index contributed by atoms with van der Waals surface area (Å²) in [6.45, 7) is 0.372. The van der Waals surface area contributed by atoms with E-state index in [4.69, 9.17) is 4.74 Å². The van der Waals surface area contributed by atoms with Crippen LogP contribution in [-0.4, -0.2) is 39.1 Å². The number of rotatable bonds is 3. The second kappa shape index (κ2) is 8.12. The Bertz CT molecular complexity index is 1420. The van der Waals surface area contributed by atoms with Crippen LogP contribution in [0, 0.1) is 0 Å². The summed E-state index contributed by atoms with van der Waals surface area (Å²) in [7, 11) is 0. The molecule has 35 heavy (non-hydrogen) atoms. The standard InChI is InChI=1S/C30H27N3O2/c34-30(35-19-28-26-10-3-1-8-24(26)25-9-2-4-11-27(25)28)33-22-6-5-7-23(33)17-21(16-22)20-12-13-29-31-14-15-32(29)18-20/h1-4,8-16,18,22-23,28H,5-7,17,19H2. The Morgan fingerprint density at radius 2 is 1.74 bits per heavy atom. The average molecular weight is 462 g/mol. The molecule has 2 aromatic heterocycles. The molecule has 174 valence electrons. The van der Waals surface area contributed by atoms with Gasteiger partial charge in [-0.25, -0.2) is 9.78 Å². The lowest BCUT2D eigenvalue weighted by Crippen LogP contribution is -2.51. The van der Waals surface area contributed by atoms with Gasteiger partial charge in [-0.15, -0.1) is 0 Å². The van der Waals surface area contributed by atoms with E-state index >= 15 is 0 Å². The van der Waals surface area contributed by atoms with Crippen molar-refractivity contribution in [1.29, 1.82) is 0 Å². The van der Waals surface area contributed by atoms with E-state index in [9.17, 15) is 4.79 Å². The number of imidazole rings is 1. The van der Waals surface area contributed by atoms with Gasteiger partial charge in [0.15, 0.2) is 0 Å². The van der Waals surface area contributed by atoms with Crippen molar-refractivity contribution >= 4 is 17.3 Å². The quantitative estimate of drug-likeness (QED) is 0.360. The van der Waals surface area contributed by atoms with E-state index in [1.54, 1.807) is 0 Å². The number of nitrogens with zero attached hydrogens (tertiary/aromatic N) is 3. The minimum Gasteiger partial charge on any atom is -0.448 e. The summed E-state index contributed by atoms with van der Waals surface area (Å²) in [4.78, 5) is 19.8. The predicted molar refractivity (Wildman–Crippen MR) is 136 cm³/mol. The normalized spacial score (nSPS) is 20.9. The van der Waals surface area contributed by atoms with Gasteiger partial charge < -0.3 is 9.14 Å². The van der Waals surface area contributed by atoms with Gasteiger partial charge in [0.2, 0.25) is 0 Å². The maximum atomic E-state index is 13.4. The third-order valence-corrected chi connectivity index (χ3v) is 7.94. The Morgan fingerprint density at radius 3 is 2.51 bits per heavy atom. The Labute approximate surface area is 204 Å². The fraction of sp³-hybridized carbons (Fsp3) is 0.267. The molecular formula is C30H27N3O2. The van der Waals surface area contributed by atoms with Gasteiger partial charge in [0, 0.05) is 30.6 Å². The summed E-state index contributed by atoms with van der Waals surface area (Å²) in [5.74, 6) is 0.0870. The van der Waals surface area contributed by atoms with Crippen molar-refractivity contribution in [3.63, 3.8) is 0 Å². The number of benzene rings is 2. The molecule has 2 aromatic carbocycles. The van der Waals surface area contributed by atoms with Crippen LogP contribution in [0.3, 0.4) is 0 Å². The molecule has 0 radical (unpaired) electrons. The first-order chi connectivity index (χ1) is 17.3. The molecular weight excluding hydrogens is 434 g/mol. The zero-order chi connectivity index (χ0) is 23.4. The number of hydrogen-bond acceptors (Lipinski definition) is 3. The lowest BCUT2D eigenvalue weighted by molar-refractivity contribution is 0.0539. The first-order valence-corrected chi connectivity index (χ1v) is 12.5. The Morgan fingerprint density at radius 1 is 0.971 bits per heavy atom. The van der Waals surface area contributed by atoms with Crippen molar-refractivity contribution in [2.24, 2.45) is 0 Å². The number of fused-ring (bicyclic) bond motifs is 6. The van der Waals surface area contributed by atoms with Crippen molar-refractivity contribution in [2.45, 2.75) is 43.7 Å². The van der Waals surface area contributed by atoms with Crippen molar-refractivity contribution in [3.05, 3.63) is 102 Å². The van der Waals surface area contributed by atoms with E-state index in [2.05, 4.69) is 82.3 Å². The van der Waals surface area contributed by atoms with Gasteiger partial charge in [0.05, 0.1) is 6.04 Å². The molecule has 5 heteroatoms. The van der Waals surface area contributed by atoms with Crippen LogP contribution in [-0.2, 0) is 4.74 Å². The van der Waals surface area contributed by atoms with Gasteiger partial charge >= 0.3 is 6.09 Å². The van der Waals surface area contributed by atoms with Crippen LogP contribution >= 0.6 is 0 Å². The van der Waals surface area contributed by atoms with Gasteiger partial charge in [-0.05, 0) is 71.2 Å². The zero-order valence-corrected chi connectivity index (χ0v) is 19.5.